The van der Waals surface area contributed by atoms with Gasteiger partial charge in [-0.3, -0.25) is 9.20 Å². The first-order chi connectivity index (χ1) is 12.6. The Morgan fingerprint density at radius 3 is 2.92 bits per heavy atom. The number of fused-ring (bicyclic) bond motifs is 2. The molecule has 134 valence electrons. The number of imidazole rings is 1. The van der Waals surface area contributed by atoms with E-state index in [0.717, 1.165) is 39.0 Å². The first-order valence-corrected chi connectivity index (χ1v) is 10.5. The molecule has 4 aromatic rings. The third kappa shape index (κ3) is 3.41. The molecule has 0 aliphatic rings. The van der Waals surface area contributed by atoms with Crippen molar-refractivity contribution in [3.63, 3.8) is 0 Å². The SMILES string of the molecule is CC(C)CCSc1nc2ccccc2n1Cc1cc(=O)n2ccsc2n1. The highest BCUT2D eigenvalue weighted by molar-refractivity contribution is 7.99. The summed E-state index contributed by atoms with van der Waals surface area (Å²) in [5.74, 6) is 1.70. The summed E-state index contributed by atoms with van der Waals surface area (Å²) in [6.07, 6.45) is 2.91. The molecule has 0 unspecified atom stereocenters. The number of hydrogen-bond donors (Lipinski definition) is 0. The van der Waals surface area contributed by atoms with Gasteiger partial charge in [-0.2, -0.15) is 0 Å². The largest absolute Gasteiger partial charge is 0.313 e. The average molecular weight is 385 g/mol. The van der Waals surface area contributed by atoms with Crippen molar-refractivity contribution in [3.8, 4) is 0 Å². The van der Waals surface area contributed by atoms with Crippen LogP contribution in [0.25, 0.3) is 16.0 Å². The molecule has 26 heavy (non-hydrogen) atoms. The zero-order valence-electron chi connectivity index (χ0n) is 14.8. The van der Waals surface area contributed by atoms with E-state index in [0.29, 0.717) is 12.5 Å². The van der Waals surface area contributed by atoms with Crippen LogP contribution in [0.15, 0.2) is 51.9 Å². The number of aromatic nitrogens is 4. The third-order valence-corrected chi connectivity index (χ3v) is 5.99. The van der Waals surface area contributed by atoms with Gasteiger partial charge >= 0.3 is 0 Å². The summed E-state index contributed by atoms with van der Waals surface area (Å²) in [6.45, 7) is 5.02. The van der Waals surface area contributed by atoms with E-state index in [1.54, 1.807) is 28.4 Å². The van der Waals surface area contributed by atoms with Gasteiger partial charge in [0.25, 0.3) is 5.56 Å². The smallest absolute Gasteiger partial charge is 0.258 e. The molecule has 0 aliphatic carbocycles. The van der Waals surface area contributed by atoms with Crippen molar-refractivity contribution in [3.05, 3.63) is 58.0 Å². The number of nitrogens with zero attached hydrogens (tertiary/aromatic N) is 4. The van der Waals surface area contributed by atoms with Gasteiger partial charge < -0.3 is 4.57 Å². The van der Waals surface area contributed by atoms with Crippen LogP contribution in [-0.4, -0.2) is 24.7 Å². The van der Waals surface area contributed by atoms with E-state index in [-0.39, 0.29) is 5.56 Å². The second kappa shape index (κ2) is 7.25. The molecule has 0 fully saturated rings. The molecule has 0 spiro atoms. The molecule has 0 aliphatic heterocycles. The van der Waals surface area contributed by atoms with E-state index in [2.05, 4.69) is 29.5 Å². The highest BCUT2D eigenvalue weighted by atomic mass is 32.2. The van der Waals surface area contributed by atoms with Gasteiger partial charge in [-0.25, -0.2) is 9.97 Å². The van der Waals surface area contributed by atoms with Crippen LogP contribution >= 0.6 is 23.1 Å². The van der Waals surface area contributed by atoms with Gasteiger partial charge in [-0.1, -0.05) is 37.7 Å². The maximum Gasteiger partial charge on any atom is 0.258 e. The van der Waals surface area contributed by atoms with Crippen LogP contribution < -0.4 is 5.56 Å². The van der Waals surface area contributed by atoms with Crippen molar-refractivity contribution in [2.75, 3.05) is 5.75 Å². The summed E-state index contributed by atoms with van der Waals surface area (Å²) in [6, 6.07) is 9.75. The quantitative estimate of drug-likeness (QED) is 0.465. The van der Waals surface area contributed by atoms with Crippen molar-refractivity contribution in [2.45, 2.75) is 32.0 Å². The lowest BCUT2D eigenvalue weighted by atomic mass is 10.2. The molecule has 0 atom stereocenters. The molecule has 0 saturated carbocycles. The molecule has 4 rings (SSSR count). The van der Waals surface area contributed by atoms with Gasteiger partial charge in [-0.05, 0) is 24.5 Å². The monoisotopic (exact) mass is 384 g/mol. The topological polar surface area (TPSA) is 52.2 Å². The first-order valence-electron chi connectivity index (χ1n) is 8.65. The Labute approximate surface area is 159 Å². The van der Waals surface area contributed by atoms with Gasteiger partial charge in [-0.15, -0.1) is 11.3 Å². The molecule has 0 saturated heterocycles. The molecule has 7 heteroatoms. The summed E-state index contributed by atoms with van der Waals surface area (Å²) < 4.78 is 3.75. The number of benzene rings is 1. The van der Waals surface area contributed by atoms with Gasteiger partial charge in [0, 0.05) is 23.4 Å². The zero-order valence-corrected chi connectivity index (χ0v) is 16.4. The number of thioether (sulfide) groups is 1. The molecule has 0 amide bonds. The van der Waals surface area contributed by atoms with E-state index < -0.39 is 0 Å². The summed E-state index contributed by atoms with van der Waals surface area (Å²) in [5, 5.41) is 2.87. The molecule has 1 aromatic carbocycles. The van der Waals surface area contributed by atoms with Crippen LogP contribution in [-0.2, 0) is 6.54 Å². The van der Waals surface area contributed by atoms with Gasteiger partial charge in [0.2, 0.25) is 0 Å². The van der Waals surface area contributed by atoms with Gasteiger partial charge in [0.15, 0.2) is 10.1 Å². The normalized spacial score (nSPS) is 11.8. The molecular formula is C19H20N4OS2. The lowest BCUT2D eigenvalue weighted by Crippen LogP contribution is -2.15. The Kier molecular flexibility index (Phi) is 4.82. The Bertz CT molecular complexity index is 1110. The molecule has 5 nitrogen and oxygen atoms in total. The molecule has 0 radical (unpaired) electrons. The van der Waals surface area contributed by atoms with E-state index in [9.17, 15) is 4.79 Å². The summed E-state index contributed by atoms with van der Waals surface area (Å²) >= 11 is 3.25. The van der Waals surface area contributed by atoms with E-state index in [4.69, 9.17) is 4.98 Å². The Morgan fingerprint density at radius 1 is 1.23 bits per heavy atom. The summed E-state index contributed by atoms with van der Waals surface area (Å²) in [4.78, 5) is 22.5. The van der Waals surface area contributed by atoms with Crippen LogP contribution in [0.4, 0.5) is 0 Å². The Hall–Kier alpha value is -2.12. The average Bonchev–Trinajstić information content (AvgIpc) is 3.20. The van der Waals surface area contributed by atoms with Crippen molar-refractivity contribution in [1.82, 2.24) is 18.9 Å². The van der Waals surface area contributed by atoms with Gasteiger partial charge in [0.05, 0.1) is 23.3 Å². The summed E-state index contributed by atoms with van der Waals surface area (Å²) in [7, 11) is 0. The van der Waals surface area contributed by atoms with Crippen molar-refractivity contribution >= 4 is 39.1 Å². The third-order valence-electron chi connectivity index (χ3n) is 4.22. The van der Waals surface area contributed by atoms with Crippen molar-refractivity contribution < 1.29 is 0 Å². The Morgan fingerprint density at radius 2 is 2.08 bits per heavy atom. The lowest BCUT2D eigenvalue weighted by molar-refractivity contribution is 0.630. The molecular weight excluding hydrogens is 364 g/mol. The van der Waals surface area contributed by atoms with E-state index in [1.807, 2.05) is 23.6 Å². The van der Waals surface area contributed by atoms with Crippen LogP contribution in [0, 0.1) is 5.92 Å². The predicted octanol–water partition coefficient (Wildman–Crippen LogP) is 4.29. The fraction of sp³-hybridized carbons (Fsp3) is 0.316. The Balaban J connectivity index is 1.72. The molecule has 3 heterocycles. The second-order valence-electron chi connectivity index (χ2n) is 6.64. The second-order valence-corrected chi connectivity index (χ2v) is 8.58. The maximum atomic E-state index is 12.3. The van der Waals surface area contributed by atoms with Crippen LogP contribution in [0.3, 0.4) is 0 Å². The van der Waals surface area contributed by atoms with Crippen LogP contribution in [0.2, 0.25) is 0 Å². The van der Waals surface area contributed by atoms with Crippen LogP contribution in [0.5, 0.6) is 0 Å². The molecule has 0 N–H and O–H groups in total. The zero-order chi connectivity index (χ0) is 18.1. The van der Waals surface area contributed by atoms with Gasteiger partial charge in [0.1, 0.15) is 0 Å². The highest BCUT2D eigenvalue weighted by Crippen LogP contribution is 2.26. The predicted molar refractivity (Wildman–Crippen MR) is 108 cm³/mol. The minimum Gasteiger partial charge on any atom is -0.313 e. The first kappa shape index (κ1) is 17.3. The number of thiazole rings is 1. The van der Waals surface area contributed by atoms with Crippen molar-refractivity contribution in [2.24, 2.45) is 5.92 Å². The number of para-hydroxylation sites is 2. The minimum absolute atomic E-state index is 0.0373. The maximum absolute atomic E-state index is 12.3. The number of rotatable bonds is 6. The highest BCUT2D eigenvalue weighted by Gasteiger charge is 2.13. The lowest BCUT2D eigenvalue weighted by Gasteiger charge is -2.09. The van der Waals surface area contributed by atoms with Crippen LogP contribution in [0.1, 0.15) is 26.0 Å². The summed E-state index contributed by atoms with van der Waals surface area (Å²) in [5.41, 5.74) is 2.79. The number of hydrogen-bond acceptors (Lipinski definition) is 5. The minimum atomic E-state index is -0.0373. The molecule has 0 bridgehead atoms. The fourth-order valence-electron chi connectivity index (χ4n) is 2.83. The van der Waals surface area contributed by atoms with Crippen molar-refractivity contribution in [1.29, 1.82) is 0 Å². The van der Waals surface area contributed by atoms with E-state index >= 15 is 0 Å². The fourth-order valence-corrected chi connectivity index (χ4v) is 4.83. The van der Waals surface area contributed by atoms with E-state index in [1.165, 1.54) is 11.3 Å². The molecule has 3 aromatic heterocycles. The standard InChI is InChI=1S/C19H20N4OS2/c1-13(2)7-9-25-19-21-15-5-3-4-6-16(15)23(19)12-14-11-17(24)22-8-10-26-18(22)20-14/h3-6,8,10-11,13H,7,9,12H2,1-2H3.